The Balaban J connectivity index is 1.69. The number of ether oxygens (including phenoxy) is 1. The predicted octanol–water partition coefficient (Wildman–Crippen LogP) is 2.02. The Morgan fingerprint density at radius 2 is 1.81 bits per heavy atom. The van der Waals surface area contributed by atoms with Gasteiger partial charge < -0.3 is 20.3 Å². The van der Waals surface area contributed by atoms with Gasteiger partial charge in [-0.2, -0.15) is 0 Å². The van der Waals surface area contributed by atoms with E-state index in [9.17, 15) is 0 Å². The maximum atomic E-state index is 5.52. The van der Waals surface area contributed by atoms with Crippen LogP contribution in [-0.2, 0) is 4.74 Å². The highest BCUT2D eigenvalue weighted by Gasteiger charge is 2.22. The summed E-state index contributed by atoms with van der Waals surface area (Å²) < 4.78 is 5.52. The second-order valence-electron chi connectivity index (χ2n) is 8.48. The molecular formula is C21H43N5O. The number of aliphatic imine (C=N–C) groups is 1. The van der Waals surface area contributed by atoms with Crippen molar-refractivity contribution in [1.29, 1.82) is 0 Å². The Morgan fingerprint density at radius 1 is 1.11 bits per heavy atom. The third-order valence-corrected chi connectivity index (χ3v) is 6.03. The maximum Gasteiger partial charge on any atom is 0.191 e. The molecule has 2 heterocycles. The minimum Gasteiger partial charge on any atom is -0.379 e. The maximum absolute atomic E-state index is 5.52. The Labute approximate surface area is 167 Å². The standard InChI is InChI=1S/C21H43N5O/c1-5-25-10-7-19(8-11-25)6-9-23-21(22-4)24-17-20(16-18(2)3)26-12-14-27-15-13-26/h18-20H,5-17H2,1-4H3,(H2,22,23,24). The van der Waals surface area contributed by atoms with Crippen LogP contribution in [0.2, 0.25) is 0 Å². The molecule has 27 heavy (non-hydrogen) atoms. The smallest absolute Gasteiger partial charge is 0.191 e. The van der Waals surface area contributed by atoms with E-state index in [1.54, 1.807) is 0 Å². The molecule has 2 rings (SSSR count). The van der Waals surface area contributed by atoms with Gasteiger partial charge in [0.2, 0.25) is 0 Å². The van der Waals surface area contributed by atoms with Crippen LogP contribution in [0.1, 0.15) is 46.5 Å². The second-order valence-corrected chi connectivity index (χ2v) is 8.48. The Morgan fingerprint density at radius 3 is 2.41 bits per heavy atom. The fraction of sp³-hybridized carbons (Fsp3) is 0.952. The van der Waals surface area contributed by atoms with Crippen LogP contribution in [0.25, 0.3) is 0 Å². The highest BCUT2D eigenvalue weighted by molar-refractivity contribution is 5.79. The van der Waals surface area contributed by atoms with Gasteiger partial charge in [-0.15, -0.1) is 0 Å². The first kappa shape index (κ1) is 22.4. The van der Waals surface area contributed by atoms with Crippen molar-refractivity contribution < 1.29 is 4.74 Å². The number of hydrogen-bond acceptors (Lipinski definition) is 4. The van der Waals surface area contributed by atoms with Crippen LogP contribution in [0.4, 0.5) is 0 Å². The largest absolute Gasteiger partial charge is 0.379 e. The zero-order valence-electron chi connectivity index (χ0n) is 18.2. The summed E-state index contributed by atoms with van der Waals surface area (Å²) in [5.74, 6) is 2.51. The van der Waals surface area contributed by atoms with E-state index in [1.165, 1.54) is 45.3 Å². The van der Waals surface area contributed by atoms with Gasteiger partial charge in [0.25, 0.3) is 0 Å². The highest BCUT2D eigenvalue weighted by Crippen LogP contribution is 2.19. The molecule has 158 valence electrons. The van der Waals surface area contributed by atoms with E-state index in [4.69, 9.17) is 4.74 Å². The molecule has 6 nitrogen and oxygen atoms in total. The number of guanidine groups is 1. The van der Waals surface area contributed by atoms with Gasteiger partial charge in [-0.25, -0.2) is 0 Å². The first-order valence-electron chi connectivity index (χ1n) is 11.1. The van der Waals surface area contributed by atoms with Crippen molar-refractivity contribution in [2.45, 2.75) is 52.5 Å². The van der Waals surface area contributed by atoms with Crippen molar-refractivity contribution >= 4 is 5.96 Å². The normalized spacial score (nSPS) is 22.2. The topological polar surface area (TPSA) is 52.1 Å². The summed E-state index contributed by atoms with van der Waals surface area (Å²) in [4.78, 5) is 9.57. The summed E-state index contributed by atoms with van der Waals surface area (Å²) in [7, 11) is 1.88. The van der Waals surface area contributed by atoms with E-state index in [-0.39, 0.29) is 0 Å². The highest BCUT2D eigenvalue weighted by atomic mass is 16.5. The van der Waals surface area contributed by atoms with Gasteiger partial charge in [0, 0.05) is 39.3 Å². The van der Waals surface area contributed by atoms with Gasteiger partial charge in [0.15, 0.2) is 5.96 Å². The van der Waals surface area contributed by atoms with Crippen LogP contribution in [0.3, 0.4) is 0 Å². The molecule has 2 fully saturated rings. The minimum atomic E-state index is 0.547. The van der Waals surface area contributed by atoms with Gasteiger partial charge in [-0.05, 0) is 57.2 Å². The third kappa shape index (κ3) is 8.36. The quantitative estimate of drug-likeness (QED) is 0.473. The number of rotatable bonds is 9. The minimum absolute atomic E-state index is 0.547. The van der Waals surface area contributed by atoms with Crippen LogP contribution in [0, 0.1) is 11.8 Å². The first-order chi connectivity index (χ1) is 13.1. The fourth-order valence-corrected chi connectivity index (χ4v) is 4.27. The summed E-state index contributed by atoms with van der Waals surface area (Å²) in [5.41, 5.74) is 0. The summed E-state index contributed by atoms with van der Waals surface area (Å²) in [5, 5.41) is 7.11. The number of morpholine rings is 1. The number of nitrogens with one attached hydrogen (secondary N) is 2. The van der Waals surface area contributed by atoms with Crippen molar-refractivity contribution in [2.24, 2.45) is 16.8 Å². The molecule has 2 aliphatic heterocycles. The lowest BCUT2D eigenvalue weighted by Gasteiger charge is -2.36. The molecule has 0 bridgehead atoms. The Bertz CT molecular complexity index is 415. The van der Waals surface area contributed by atoms with Crippen molar-refractivity contribution in [1.82, 2.24) is 20.4 Å². The van der Waals surface area contributed by atoms with Crippen LogP contribution < -0.4 is 10.6 Å². The number of piperidine rings is 1. The lowest BCUT2D eigenvalue weighted by atomic mass is 9.93. The van der Waals surface area contributed by atoms with Gasteiger partial charge in [0.1, 0.15) is 0 Å². The molecule has 0 aliphatic carbocycles. The van der Waals surface area contributed by atoms with Crippen molar-refractivity contribution in [2.75, 3.05) is 66.1 Å². The average Bonchev–Trinajstić information content (AvgIpc) is 2.70. The predicted molar refractivity (Wildman–Crippen MR) is 114 cm³/mol. The molecule has 0 aromatic carbocycles. The first-order valence-corrected chi connectivity index (χ1v) is 11.1. The van der Waals surface area contributed by atoms with E-state index in [0.717, 1.165) is 51.3 Å². The molecule has 2 N–H and O–H groups in total. The number of likely N-dealkylation sites (tertiary alicyclic amines) is 1. The van der Waals surface area contributed by atoms with Crippen molar-refractivity contribution in [3.8, 4) is 0 Å². The van der Waals surface area contributed by atoms with Crippen LogP contribution in [-0.4, -0.2) is 87.9 Å². The van der Waals surface area contributed by atoms with Crippen LogP contribution in [0.15, 0.2) is 4.99 Å². The summed E-state index contributed by atoms with van der Waals surface area (Å²) in [6.07, 6.45) is 5.14. The van der Waals surface area contributed by atoms with E-state index in [2.05, 4.69) is 46.2 Å². The van der Waals surface area contributed by atoms with Crippen molar-refractivity contribution in [3.63, 3.8) is 0 Å². The summed E-state index contributed by atoms with van der Waals surface area (Å²) >= 11 is 0. The molecule has 0 aromatic heterocycles. The van der Waals surface area contributed by atoms with Gasteiger partial charge >= 0.3 is 0 Å². The molecule has 0 amide bonds. The van der Waals surface area contributed by atoms with E-state index < -0.39 is 0 Å². The lowest BCUT2D eigenvalue weighted by Crippen LogP contribution is -2.51. The number of hydrogen-bond donors (Lipinski definition) is 2. The fourth-order valence-electron chi connectivity index (χ4n) is 4.27. The molecule has 0 aromatic rings. The molecule has 0 radical (unpaired) electrons. The van der Waals surface area contributed by atoms with Gasteiger partial charge in [0.05, 0.1) is 13.2 Å². The van der Waals surface area contributed by atoms with E-state index in [0.29, 0.717) is 12.0 Å². The van der Waals surface area contributed by atoms with Crippen LogP contribution in [0.5, 0.6) is 0 Å². The monoisotopic (exact) mass is 381 g/mol. The lowest BCUT2D eigenvalue weighted by molar-refractivity contribution is 0.0132. The number of nitrogens with zero attached hydrogens (tertiary/aromatic N) is 3. The second kappa shape index (κ2) is 12.6. The summed E-state index contributed by atoms with van der Waals surface area (Å²) in [6, 6.07) is 0.547. The zero-order valence-corrected chi connectivity index (χ0v) is 18.2. The third-order valence-electron chi connectivity index (χ3n) is 6.03. The van der Waals surface area contributed by atoms with Crippen LogP contribution >= 0.6 is 0 Å². The SMILES string of the molecule is CCN1CCC(CCNC(=NC)NCC(CC(C)C)N2CCOCC2)CC1. The van der Waals surface area contributed by atoms with E-state index >= 15 is 0 Å². The molecule has 1 unspecified atom stereocenters. The molecule has 6 heteroatoms. The average molecular weight is 382 g/mol. The Hall–Kier alpha value is -0.850. The Kier molecular flexibility index (Phi) is 10.5. The molecule has 0 spiro atoms. The molecule has 0 saturated carbocycles. The molecule has 2 saturated heterocycles. The molecular weight excluding hydrogens is 338 g/mol. The van der Waals surface area contributed by atoms with Gasteiger partial charge in [-0.1, -0.05) is 20.8 Å². The van der Waals surface area contributed by atoms with Gasteiger partial charge in [-0.3, -0.25) is 9.89 Å². The van der Waals surface area contributed by atoms with E-state index in [1.807, 2.05) is 7.05 Å². The van der Waals surface area contributed by atoms with Crippen molar-refractivity contribution in [3.05, 3.63) is 0 Å². The molecule has 1 atom stereocenters. The zero-order chi connectivity index (χ0) is 19.5. The summed E-state index contributed by atoms with van der Waals surface area (Å²) in [6.45, 7) is 16.4. The molecule has 2 aliphatic rings.